The fourth-order valence-electron chi connectivity index (χ4n) is 1.71. The van der Waals surface area contributed by atoms with E-state index in [9.17, 15) is 9.82 Å². The summed E-state index contributed by atoms with van der Waals surface area (Å²) in [5.41, 5.74) is 7.44. The van der Waals surface area contributed by atoms with Crippen molar-refractivity contribution < 1.29 is 14.5 Å². The number of fused-ring (bicyclic) bond motifs is 1. The fraction of sp³-hybridized carbons (Fsp3) is 0.0909. The van der Waals surface area contributed by atoms with Crippen LogP contribution in [0.25, 0.3) is 0 Å². The SMILES string of the molecule is N=C/C(=C\N)NC(=O)Nc1ccc2c(c1)B(O)OC2. The van der Waals surface area contributed by atoms with E-state index in [1.165, 1.54) is 0 Å². The summed E-state index contributed by atoms with van der Waals surface area (Å²) in [5, 5.41) is 21.5. The van der Waals surface area contributed by atoms with Crippen molar-refractivity contribution in [2.45, 2.75) is 6.61 Å². The standard InChI is InChI=1S/C11H13BN4O3/c13-4-9(5-14)16-11(17)15-8-2-1-7-6-19-12(18)10(7)3-8/h1-5,13,18H,6,14H2,(H2,15,16,17)/b9-5+,13-4?. The predicted octanol–water partition coefficient (Wildman–Crippen LogP) is -0.525. The lowest BCUT2D eigenvalue weighted by Gasteiger charge is -2.08. The first-order chi connectivity index (χ1) is 9.13. The van der Waals surface area contributed by atoms with Gasteiger partial charge in [-0.15, -0.1) is 0 Å². The van der Waals surface area contributed by atoms with Crippen LogP contribution in [0.1, 0.15) is 5.56 Å². The van der Waals surface area contributed by atoms with E-state index in [0.29, 0.717) is 17.8 Å². The van der Waals surface area contributed by atoms with Crippen LogP contribution >= 0.6 is 0 Å². The quantitative estimate of drug-likeness (QED) is 0.370. The molecule has 0 aliphatic carbocycles. The van der Waals surface area contributed by atoms with Crippen LogP contribution in [0.3, 0.4) is 0 Å². The molecule has 1 heterocycles. The van der Waals surface area contributed by atoms with Gasteiger partial charge in [0.15, 0.2) is 0 Å². The molecule has 98 valence electrons. The van der Waals surface area contributed by atoms with E-state index in [0.717, 1.165) is 18.0 Å². The second-order valence-electron chi connectivity index (χ2n) is 3.92. The molecule has 0 radical (unpaired) electrons. The van der Waals surface area contributed by atoms with Gasteiger partial charge < -0.3 is 31.5 Å². The molecule has 0 saturated heterocycles. The number of nitrogens with one attached hydrogen (secondary N) is 3. The van der Waals surface area contributed by atoms with Crippen molar-refractivity contribution in [2.24, 2.45) is 5.73 Å². The van der Waals surface area contributed by atoms with Crippen molar-refractivity contribution in [3.05, 3.63) is 35.7 Å². The van der Waals surface area contributed by atoms with Gasteiger partial charge >= 0.3 is 13.1 Å². The van der Waals surface area contributed by atoms with Gasteiger partial charge in [-0.3, -0.25) is 0 Å². The third-order valence-corrected chi connectivity index (χ3v) is 2.66. The Bertz CT molecular complexity index is 547. The number of nitrogens with two attached hydrogens (primary N) is 1. The minimum Gasteiger partial charge on any atom is -0.423 e. The molecular weight excluding hydrogens is 247 g/mol. The number of carbonyl (C=O) groups is 1. The number of carbonyl (C=O) groups excluding carboxylic acids is 1. The van der Waals surface area contributed by atoms with Gasteiger partial charge in [0.2, 0.25) is 0 Å². The van der Waals surface area contributed by atoms with Crippen molar-refractivity contribution in [1.82, 2.24) is 5.32 Å². The summed E-state index contributed by atoms with van der Waals surface area (Å²) < 4.78 is 5.05. The van der Waals surface area contributed by atoms with Crippen molar-refractivity contribution in [2.75, 3.05) is 5.32 Å². The van der Waals surface area contributed by atoms with Crippen molar-refractivity contribution >= 4 is 30.5 Å². The molecule has 8 heteroatoms. The topological polar surface area (TPSA) is 120 Å². The van der Waals surface area contributed by atoms with Gasteiger partial charge in [0.05, 0.1) is 12.3 Å². The summed E-state index contributed by atoms with van der Waals surface area (Å²) >= 11 is 0. The first-order valence-corrected chi connectivity index (χ1v) is 5.57. The van der Waals surface area contributed by atoms with E-state index in [1.54, 1.807) is 18.2 Å². The number of hydrogen-bond acceptors (Lipinski definition) is 5. The Kier molecular flexibility index (Phi) is 3.83. The Hall–Kier alpha value is -2.32. The van der Waals surface area contributed by atoms with Crippen molar-refractivity contribution in [3.63, 3.8) is 0 Å². The Morgan fingerprint density at radius 2 is 2.37 bits per heavy atom. The molecule has 2 rings (SSSR count). The highest BCUT2D eigenvalue weighted by Crippen LogP contribution is 2.14. The minimum absolute atomic E-state index is 0.182. The summed E-state index contributed by atoms with van der Waals surface area (Å²) in [6, 6.07) is 4.60. The van der Waals surface area contributed by atoms with E-state index in [-0.39, 0.29) is 5.70 Å². The van der Waals surface area contributed by atoms with Gasteiger partial charge in [-0.25, -0.2) is 4.79 Å². The molecule has 7 nitrogen and oxygen atoms in total. The van der Waals surface area contributed by atoms with Crippen LogP contribution < -0.4 is 21.8 Å². The van der Waals surface area contributed by atoms with Gasteiger partial charge in [0.25, 0.3) is 0 Å². The normalized spacial score (nSPS) is 13.9. The highest BCUT2D eigenvalue weighted by Gasteiger charge is 2.27. The third-order valence-electron chi connectivity index (χ3n) is 2.66. The molecule has 0 bridgehead atoms. The van der Waals surface area contributed by atoms with E-state index in [1.807, 2.05) is 0 Å². The monoisotopic (exact) mass is 260 g/mol. The van der Waals surface area contributed by atoms with E-state index >= 15 is 0 Å². The average molecular weight is 260 g/mol. The Labute approximate surface area is 110 Å². The second-order valence-corrected chi connectivity index (χ2v) is 3.92. The predicted molar refractivity (Wildman–Crippen MR) is 72.0 cm³/mol. The molecule has 1 aliphatic rings. The lowest BCUT2D eigenvalue weighted by atomic mass is 9.79. The molecule has 2 amide bonds. The largest absolute Gasteiger partial charge is 0.491 e. The molecule has 0 saturated carbocycles. The maximum absolute atomic E-state index is 11.6. The summed E-state index contributed by atoms with van der Waals surface area (Å²) in [4.78, 5) is 11.6. The number of hydrogen-bond donors (Lipinski definition) is 5. The number of amides is 2. The lowest BCUT2D eigenvalue weighted by Crippen LogP contribution is -2.31. The van der Waals surface area contributed by atoms with Gasteiger partial charge in [-0.1, -0.05) is 6.07 Å². The highest BCUT2D eigenvalue weighted by atomic mass is 16.5. The summed E-state index contributed by atoms with van der Waals surface area (Å²) in [6.45, 7) is 0.358. The Morgan fingerprint density at radius 1 is 1.58 bits per heavy atom. The molecule has 19 heavy (non-hydrogen) atoms. The van der Waals surface area contributed by atoms with Crippen LogP contribution in [-0.2, 0) is 11.3 Å². The molecule has 0 aromatic heterocycles. The first-order valence-electron chi connectivity index (χ1n) is 5.57. The molecule has 1 aliphatic heterocycles. The van der Waals surface area contributed by atoms with E-state index in [2.05, 4.69) is 10.6 Å². The number of allylic oxidation sites excluding steroid dienone is 1. The van der Waals surface area contributed by atoms with Gasteiger partial charge in [0, 0.05) is 18.1 Å². The number of anilines is 1. The zero-order chi connectivity index (χ0) is 13.8. The Morgan fingerprint density at radius 3 is 3.05 bits per heavy atom. The van der Waals surface area contributed by atoms with Crippen LogP contribution in [0.15, 0.2) is 30.1 Å². The second kappa shape index (κ2) is 5.55. The molecule has 6 N–H and O–H groups in total. The maximum Gasteiger partial charge on any atom is 0.491 e. The summed E-state index contributed by atoms with van der Waals surface area (Å²) in [7, 11) is -0.958. The van der Waals surface area contributed by atoms with E-state index < -0.39 is 13.1 Å². The first kappa shape index (κ1) is 13.1. The molecule has 1 aromatic carbocycles. The van der Waals surface area contributed by atoms with E-state index in [4.69, 9.17) is 15.8 Å². The van der Waals surface area contributed by atoms with Crippen molar-refractivity contribution in [1.29, 1.82) is 5.41 Å². The molecule has 0 atom stereocenters. The molecule has 0 fully saturated rings. The summed E-state index contributed by atoms with van der Waals surface area (Å²) in [6.07, 6.45) is 2.05. The van der Waals surface area contributed by atoms with Crippen LogP contribution in [0.2, 0.25) is 0 Å². The van der Waals surface area contributed by atoms with Crippen LogP contribution in [0.5, 0.6) is 0 Å². The van der Waals surface area contributed by atoms with Gasteiger partial charge in [0.1, 0.15) is 0 Å². The summed E-state index contributed by atoms with van der Waals surface area (Å²) in [5.74, 6) is 0. The van der Waals surface area contributed by atoms with Crippen LogP contribution in [-0.4, -0.2) is 24.4 Å². The van der Waals surface area contributed by atoms with Gasteiger partial charge in [-0.05, 0) is 23.2 Å². The highest BCUT2D eigenvalue weighted by molar-refractivity contribution is 6.61. The average Bonchev–Trinajstić information content (AvgIpc) is 2.77. The van der Waals surface area contributed by atoms with Crippen LogP contribution in [0, 0.1) is 5.41 Å². The molecule has 0 spiro atoms. The lowest BCUT2D eigenvalue weighted by molar-refractivity contribution is 0.254. The number of urea groups is 1. The zero-order valence-corrected chi connectivity index (χ0v) is 10.0. The zero-order valence-electron chi connectivity index (χ0n) is 10.0. The third kappa shape index (κ3) is 2.93. The fourth-order valence-corrected chi connectivity index (χ4v) is 1.71. The van der Waals surface area contributed by atoms with Crippen molar-refractivity contribution in [3.8, 4) is 0 Å². The molecular formula is C11H13BN4O3. The smallest absolute Gasteiger partial charge is 0.423 e. The molecule has 1 aromatic rings. The Balaban J connectivity index is 2.06. The maximum atomic E-state index is 11.6. The van der Waals surface area contributed by atoms with Crippen LogP contribution in [0.4, 0.5) is 10.5 Å². The number of rotatable bonds is 3. The minimum atomic E-state index is -0.958. The van der Waals surface area contributed by atoms with Gasteiger partial charge in [-0.2, -0.15) is 0 Å². The number of benzene rings is 1. The molecule has 0 unspecified atom stereocenters.